The van der Waals surface area contributed by atoms with Gasteiger partial charge in [0.05, 0.1) is 6.61 Å². The molecule has 0 N–H and O–H groups in total. The largest absolute Gasteiger partial charge is 0.478 e. The molecule has 3 atom stereocenters. The number of rotatable bonds is 4. The Labute approximate surface area is 104 Å². The lowest BCUT2D eigenvalue weighted by atomic mass is 9.67. The van der Waals surface area contributed by atoms with Crippen LogP contribution in [0.15, 0.2) is 17.6 Å². The second kappa shape index (κ2) is 5.21. The Hall–Kier alpha value is -0.830. The summed E-state index contributed by atoms with van der Waals surface area (Å²) in [5.41, 5.74) is 0.0580. The minimum atomic E-state index is 0.0580. The molecular formula is C14H23NO2. The average Bonchev–Trinajstić information content (AvgIpc) is 2.79. The highest BCUT2D eigenvalue weighted by molar-refractivity contribution is 5.84. The zero-order valence-electron chi connectivity index (χ0n) is 10.9. The number of aliphatic imine (C=N–C) groups is 1. The van der Waals surface area contributed by atoms with Crippen LogP contribution in [0.2, 0.25) is 0 Å². The molecule has 3 heteroatoms. The molecule has 17 heavy (non-hydrogen) atoms. The van der Waals surface area contributed by atoms with E-state index in [-0.39, 0.29) is 11.5 Å². The molecule has 0 spiro atoms. The summed E-state index contributed by atoms with van der Waals surface area (Å²) < 4.78 is 11.0. The second-order valence-corrected chi connectivity index (χ2v) is 5.36. The third-order valence-electron chi connectivity index (χ3n) is 4.12. The van der Waals surface area contributed by atoms with Crippen molar-refractivity contribution in [3.63, 3.8) is 0 Å². The van der Waals surface area contributed by atoms with E-state index in [0.717, 1.165) is 12.3 Å². The molecule has 0 unspecified atom stereocenters. The Bertz CT molecular complexity index is 313. The number of allylic oxidation sites excluding steroid dienone is 1. The fourth-order valence-electron chi connectivity index (χ4n) is 3.01. The topological polar surface area (TPSA) is 30.8 Å². The van der Waals surface area contributed by atoms with Gasteiger partial charge < -0.3 is 9.47 Å². The SMILES string of the molecule is C=C[C@@H]1CCCC[C@]1(C)C1=N[C@H](COC)CO1. The summed E-state index contributed by atoms with van der Waals surface area (Å²) in [5.74, 6) is 1.43. The van der Waals surface area contributed by atoms with E-state index in [1.54, 1.807) is 7.11 Å². The van der Waals surface area contributed by atoms with Gasteiger partial charge in [0.1, 0.15) is 12.6 Å². The highest BCUT2D eigenvalue weighted by Crippen LogP contribution is 2.44. The first-order valence-electron chi connectivity index (χ1n) is 6.53. The molecule has 0 saturated heterocycles. The van der Waals surface area contributed by atoms with Gasteiger partial charge in [-0.3, -0.25) is 0 Å². The number of nitrogens with zero attached hydrogens (tertiary/aromatic N) is 1. The molecule has 2 aliphatic rings. The van der Waals surface area contributed by atoms with E-state index in [2.05, 4.69) is 19.6 Å². The van der Waals surface area contributed by atoms with E-state index >= 15 is 0 Å². The first kappa shape index (κ1) is 12.6. The van der Waals surface area contributed by atoms with E-state index in [1.165, 1.54) is 19.3 Å². The molecule has 1 heterocycles. The van der Waals surface area contributed by atoms with Crippen molar-refractivity contribution in [1.82, 2.24) is 0 Å². The normalized spacial score (nSPS) is 37.4. The van der Waals surface area contributed by atoms with Gasteiger partial charge in [-0.15, -0.1) is 6.58 Å². The highest BCUT2D eigenvalue weighted by atomic mass is 16.5. The van der Waals surface area contributed by atoms with Crippen LogP contribution in [0.4, 0.5) is 0 Å². The fourth-order valence-corrected chi connectivity index (χ4v) is 3.01. The maximum Gasteiger partial charge on any atom is 0.190 e. The average molecular weight is 237 g/mol. The first-order chi connectivity index (χ1) is 8.20. The molecule has 96 valence electrons. The van der Waals surface area contributed by atoms with Crippen molar-refractivity contribution in [3.8, 4) is 0 Å². The van der Waals surface area contributed by atoms with Crippen molar-refractivity contribution in [3.05, 3.63) is 12.7 Å². The Morgan fingerprint density at radius 3 is 3.12 bits per heavy atom. The molecule has 0 amide bonds. The predicted molar refractivity (Wildman–Crippen MR) is 69.3 cm³/mol. The Morgan fingerprint density at radius 2 is 2.41 bits per heavy atom. The third kappa shape index (κ3) is 2.39. The van der Waals surface area contributed by atoms with Crippen LogP contribution in [0, 0.1) is 11.3 Å². The lowest BCUT2D eigenvalue weighted by Gasteiger charge is -2.39. The molecule has 3 nitrogen and oxygen atoms in total. The molecule has 0 aromatic heterocycles. The van der Waals surface area contributed by atoms with Gasteiger partial charge in [-0.25, -0.2) is 4.99 Å². The van der Waals surface area contributed by atoms with Crippen LogP contribution < -0.4 is 0 Å². The number of hydrogen-bond donors (Lipinski definition) is 0. The van der Waals surface area contributed by atoms with Crippen LogP contribution in [0.3, 0.4) is 0 Å². The molecule has 1 aliphatic heterocycles. The van der Waals surface area contributed by atoms with Crippen LogP contribution >= 0.6 is 0 Å². The molecule has 0 aromatic carbocycles. The zero-order valence-corrected chi connectivity index (χ0v) is 10.9. The summed E-state index contributed by atoms with van der Waals surface area (Å²) in [7, 11) is 1.71. The molecule has 0 aromatic rings. The second-order valence-electron chi connectivity index (χ2n) is 5.36. The van der Waals surface area contributed by atoms with Crippen molar-refractivity contribution in [1.29, 1.82) is 0 Å². The standard InChI is InChI=1S/C14H23NO2/c1-4-11-7-5-6-8-14(11,2)13-15-12(9-16-3)10-17-13/h4,11-12H,1,5-10H2,2-3H3/t11-,12-,14+/m1/s1. The first-order valence-corrected chi connectivity index (χ1v) is 6.53. The van der Waals surface area contributed by atoms with Crippen LogP contribution in [0.5, 0.6) is 0 Å². The Kier molecular flexibility index (Phi) is 3.87. The minimum Gasteiger partial charge on any atom is -0.478 e. The van der Waals surface area contributed by atoms with E-state index in [9.17, 15) is 0 Å². The maximum absolute atomic E-state index is 5.81. The third-order valence-corrected chi connectivity index (χ3v) is 4.12. The zero-order chi connectivity index (χ0) is 12.3. The fraction of sp³-hybridized carbons (Fsp3) is 0.786. The van der Waals surface area contributed by atoms with Crippen LogP contribution in [0.25, 0.3) is 0 Å². The molecule has 2 rings (SSSR count). The summed E-state index contributed by atoms with van der Waals surface area (Å²) in [5, 5.41) is 0. The van der Waals surface area contributed by atoms with E-state index in [1.807, 2.05) is 0 Å². The van der Waals surface area contributed by atoms with Crippen LogP contribution in [0.1, 0.15) is 32.6 Å². The van der Waals surface area contributed by atoms with Crippen molar-refractivity contribution in [2.24, 2.45) is 16.3 Å². The van der Waals surface area contributed by atoms with E-state index in [4.69, 9.17) is 14.5 Å². The van der Waals surface area contributed by atoms with Gasteiger partial charge in [0.25, 0.3) is 0 Å². The highest BCUT2D eigenvalue weighted by Gasteiger charge is 2.43. The number of ether oxygens (including phenoxy) is 2. The van der Waals surface area contributed by atoms with Gasteiger partial charge >= 0.3 is 0 Å². The van der Waals surface area contributed by atoms with Gasteiger partial charge in [-0.1, -0.05) is 25.8 Å². The quantitative estimate of drug-likeness (QED) is 0.704. The van der Waals surface area contributed by atoms with Crippen LogP contribution in [-0.2, 0) is 9.47 Å². The minimum absolute atomic E-state index is 0.0580. The van der Waals surface area contributed by atoms with Crippen molar-refractivity contribution >= 4 is 5.90 Å². The Balaban J connectivity index is 2.13. The van der Waals surface area contributed by atoms with Crippen LogP contribution in [-0.4, -0.2) is 32.3 Å². The molecule has 1 fully saturated rings. The van der Waals surface area contributed by atoms with Crippen molar-refractivity contribution in [2.45, 2.75) is 38.6 Å². The van der Waals surface area contributed by atoms with Gasteiger partial charge in [0.2, 0.25) is 0 Å². The van der Waals surface area contributed by atoms with Crippen molar-refractivity contribution < 1.29 is 9.47 Å². The summed E-state index contributed by atoms with van der Waals surface area (Å²) in [4.78, 5) is 4.69. The maximum atomic E-state index is 5.81. The summed E-state index contributed by atoms with van der Waals surface area (Å²) in [6.07, 6.45) is 6.99. The van der Waals surface area contributed by atoms with Crippen molar-refractivity contribution in [2.75, 3.05) is 20.3 Å². The molecule has 0 bridgehead atoms. The van der Waals surface area contributed by atoms with E-state index in [0.29, 0.717) is 19.1 Å². The molecule has 0 radical (unpaired) electrons. The summed E-state index contributed by atoms with van der Waals surface area (Å²) >= 11 is 0. The number of methoxy groups -OCH3 is 1. The lowest BCUT2D eigenvalue weighted by molar-refractivity contribution is 0.153. The molecule has 1 aliphatic carbocycles. The lowest BCUT2D eigenvalue weighted by Crippen LogP contribution is -2.37. The van der Waals surface area contributed by atoms with Gasteiger partial charge in [-0.05, 0) is 18.8 Å². The summed E-state index contributed by atoms with van der Waals surface area (Å²) in [6.45, 7) is 7.56. The number of hydrogen-bond acceptors (Lipinski definition) is 3. The monoisotopic (exact) mass is 237 g/mol. The van der Waals surface area contributed by atoms with Gasteiger partial charge in [0.15, 0.2) is 5.90 Å². The smallest absolute Gasteiger partial charge is 0.190 e. The Morgan fingerprint density at radius 1 is 1.59 bits per heavy atom. The molecular weight excluding hydrogens is 214 g/mol. The molecule has 1 saturated carbocycles. The summed E-state index contributed by atoms with van der Waals surface area (Å²) in [6, 6.07) is 0.180. The van der Waals surface area contributed by atoms with E-state index < -0.39 is 0 Å². The predicted octanol–water partition coefficient (Wildman–Crippen LogP) is 2.81. The van der Waals surface area contributed by atoms with Gasteiger partial charge in [-0.2, -0.15) is 0 Å². The van der Waals surface area contributed by atoms with Gasteiger partial charge in [0, 0.05) is 12.5 Å².